The number of unbranched alkanes of at least 4 members (excludes halogenated alkanes) is 4. The van der Waals surface area contributed by atoms with Crippen LogP contribution in [-0.4, -0.2) is 25.2 Å². The van der Waals surface area contributed by atoms with Crippen molar-refractivity contribution < 1.29 is 19.1 Å². The van der Waals surface area contributed by atoms with E-state index in [1.165, 1.54) is 19.3 Å². The highest BCUT2D eigenvalue weighted by Gasteiger charge is 2.06. The number of rotatable bonds is 14. The van der Waals surface area contributed by atoms with E-state index in [2.05, 4.69) is 19.1 Å². The Kier molecular flexibility index (Phi) is 15.1. The van der Waals surface area contributed by atoms with Crippen molar-refractivity contribution in [3.05, 3.63) is 12.2 Å². The van der Waals surface area contributed by atoms with Gasteiger partial charge < -0.3 is 9.47 Å². The third-order valence-electron chi connectivity index (χ3n) is 3.21. The molecule has 0 saturated heterocycles. The molecule has 0 rings (SSSR count). The first kappa shape index (κ1) is 20.7. The van der Waals surface area contributed by atoms with Gasteiger partial charge in [-0.15, -0.1) is 0 Å². The fourth-order valence-corrected chi connectivity index (χ4v) is 1.84. The molecule has 4 heteroatoms. The zero-order valence-electron chi connectivity index (χ0n) is 14.3. The minimum atomic E-state index is -0.235. The van der Waals surface area contributed by atoms with Crippen molar-refractivity contribution in [2.75, 3.05) is 13.2 Å². The molecule has 0 spiro atoms. The third kappa shape index (κ3) is 15.1. The maximum absolute atomic E-state index is 11.5. The van der Waals surface area contributed by atoms with Crippen LogP contribution in [0.2, 0.25) is 0 Å². The number of carbonyl (C=O) groups excluding carboxylic acids is 2. The summed E-state index contributed by atoms with van der Waals surface area (Å²) in [7, 11) is 0. The second-order valence-electron chi connectivity index (χ2n) is 5.40. The van der Waals surface area contributed by atoms with E-state index in [1.807, 2.05) is 6.92 Å². The molecule has 0 aliphatic heterocycles. The van der Waals surface area contributed by atoms with E-state index >= 15 is 0 Å². The average Bonchev–Trinajstić information content (AvgIpc) is 2.50. The maximum Gasteiger partial charge on any atom is 0.305 e. The molecule has 0 aromatic carbocycles. The van der Waals surface area contributed by atoms with Gasteiger partial charge in [-0.25, -0.2) is 0 Å². The lowest BCUT2D eigenvalue weighted by molar-refractivity contribution is -0.145. The van der Waals surface area contributed by atoms with Gasteiger partial charge in [-0.05, 0) is 32.1 Å². The Morgan fingerprint density at radius 1 is 0.727 bits per heavy atom. The van der Waals surface area contributed by atoms with Crippen LogP contribution < -0.4 is 0 Å². The highest BCUT2D eigenvalue weighted by Crippen LogP contribution is 2.03. The first-order valence-corrected chi connectivity index (χ1v) is 8.66. The average molecular weight is 312 g/mol. The Bertz CT molecular complexity index is 310. The molecule has 0 heterocycles. The van der Waals surface area contributed by atoms with Gasteiger partial charge in [-0.1, -0.05) is 45.3 Å². The SMILES string of the molecule is CCCCC/C=C\CCOC(=O)CCCC(=O)OCCCC. The monoisotopic (exact) mass is 312 g/mol. The van der Waals surface area contributed by atoms with Crippen LogP contribution in [0.5, 0.6) is 0 Å². The van der Waals surface area contributed by atoms with Gasteiger partial charge in [-0.2, -0.15) is 0 Å². The van der Waals surface area contributed by atoms with Crippen LogP contribution in [0.15, 0.2) is 12.2 Å². The minimum absolute atomic E-state index is 0.226. The number of carbonyl (C=O) groups is 2. The van der Waals surface area contributed by atoms with Gasteiger partial charge >= 0.3 is 11.9 Å². The summed E-state index contributed by atoms with van der Waals surface area (Å²) >= 11 is 0. The molecule has 0 N–H and O–H groups in total. The number of esters is 2. The van der Waals surface area contributed by atoms with Gasteiger partial charge in [0.2, 0.25) is 0 Å². The molecule has 4 nitrogen and oxygen atoms in total. The second-order valence-corrected chi connectivity index (χ2v) is 5.40. The molecule has 0 saturated carbocycles. The van der Waals surface area contributed by atoms with Crippen LogP contribution in [0.1, 0.15) is 78.1 Å². The molecule has 0 bridgehead atoms. The summed E-state index contributed by atoms with van der Waals surface area (Å²) in [5.41, 5.74) is 0. The fourth-order valence-electron chi connectivity index (χ4n) is 1.84. The Morgan fingerprint density at radius 3 is 1.95 bits per heavy atom. The smallest absolute Gasteiger partial charge is 0.305 e. The van der Waals surface area contributed by atoms with Crippen molar-refractivity contribution in [2.45, 2.75) is 78.1 Å². The van der Waals surface area contributed by atoms with Crippen molar-refractivity contribution >= 4 is 11.9 Å². The van der Waals surface area contributed by atoms with Crippen LogP contribution >= 0.6 is 0 Å². The standard InChI is InChI=1S/C18H32O4/c1-3-5-7-8-9-10-11-16-22-18(20)14-12-13-17(19)21-15-6-4-2/h9-10H,3-8,11-16H2,1-2H3/b10-9-. The maximum atomic E-state index is 11.5. The summed E-state index contributed by atoms with van der Waals surface area (Å²) in [6, 6.07) is 0. The predicted octanol–water partition coefficient (Wildman–Crippen LogP) is 4.57. The van der Waals surface area contributed by atoms with Crippen molar-refractivity contribution in [1.82, 2.24) is 0 Å². The molecular formula is C18H32O4. The zero-order chi connectivity index (χ0) is 16.5. The van der Waals surface area contributed by atoms with Crippen LogP contribution in [0.3, 0.4) is 0 Å². The van der Waals surface area contributed by atoms with E-state index in [1.54, 1.807) is 0 Å². The topological polar surface area (TPSA) is 52.6 Å². The van der Waals surface area contributed by atoms with E-state index in [9.17, 15) is 9.59 Å². The van der Waals surface area contributed by atoms with E-state index in [4.69, 9.17) is 9.47 Å². The first-order chi connectivity index (χ1) is 10.7. The Morgan fingerprint density at radius 2 is 1.32 bits per heavy atom. The minimum Gasteiger partial charge on any atom is -0.466 e. The summed E-state index contributed by atoms with van der Waals surface area (Å²) in [5.74, 6) is -0.461. The van der Waals surface area contributed by atoms with Gasteiger partial charge in [0, 0.05) is 12.8 Å². The molecule has 0 fully saturated rings. The van der Waals surface area contributed by atoms with Crippen LogP contribution in [0, 0.1) is 0 Å². The molecular weight excluding hydrogens is 280 g/mol. The van der Waals surface area contributed by atoms with Crippen molar-refractivity contribution in [3.8, 4) is 0 Å². The first-order valence-electron chi connectivity index (χ1n) is 8.66. The molecule has 0 radical (unpaired) electrons. The molecule has 0 aromatic heterocycles. The third-order valence-corrected chi connectivity index (χ3v) is 3.21. The van der Waals surface area contributed by atoms with E-state index in [0.717, 1.165) is 25.7 Å². The molecule has 0 aliphatic rings. The quantitative estimate of drug-likeness (QED) is 0.268. The van der Waals surface area contributed by atoms with Gasteiger partial charge in [0.25, 0.3) is 0 Å². The number of hydrogen-bond acceptors (Lipinski definition) is 4. The van der Waals surface area contributed by atoms with Gasteiger partial charge in [-0.3, -0.25) is 9.59 Å². The molecule has 0 amide bonds. The lowest BCUT2D eigenvalue weighted by Crippen LogP contribution is -2.09. The lowest BCUT2D eigenvalue weighted by atomic mass is 10.2. The Labute approximate surface area is 135 Å². The molecule has 128 valence electrons. The number of hydrogen-bond donors (Lipinski definition) is 0. The largest absolute Gasteiger partial charge is 0.466 e. The lowest BCUT2D eigenvalue weighted by Gasteiger charge is -2.04. The van der Waals surface area contributed by atoms with E-state index < -0.39 is 0 Å². The van der Waals surface area contributed by atoms with Crippen LogP contribution in [0.25, 0.3) is 0 Å². The molecule has 22 heavy (non-hydrogen) atoms. The van der Waals surface area contributed by atoms with Crippen LogP contribution in [0.4, 0.5) is 0 Å². The highest BCUT2D eigenvalue weighted by atomic mass is 16.5. The van der Waals surface area contributed by atoms with Crippen molar-refractivity contribution in [1.29, 1.82) is 0 Å². The predicted molar refractivity (Wildman–Crippen MR) is 88.6 cm³/mol. The van der Waals surface area contributed by atoms with Crippen molar-refractivity contribution in [3.63, 3.8) is 0 Å². The fraction of sp³-hybridized carbons (Fsp3) is 0.778. The number of ether oxygens (including phenoxy) is 2. The Hall–Kier alpha value is -1.32. The zero-order valence-corrected chi connectivity index (χ0v) is 14.3. The molecule has 0 atom stereocenters. The van der Waals surface area contributed by atoms with Gasteiger partial charge in [0.15, 0.2) is 0 Å². The molecule has 0 aliphatic carbocycles. The van der Waals surface area contributed by atoms with Gasteiger partial charge in [0.1, 0.15) is 0 Å². The second kappa shape index (κ2) is 16.1. The number of allylic oxidation sites excluding steroid dienone is 1. The normalized spacial score (nSPS) is 10.8. The highest BCUT2D eigenvalue weighted by molar-refractivity contribution is 5.72. The molecule has 0 aromatic rings. The van der Waals surface area contributed by atoms with Gasteiger partial charge in [0.05, 0.1) is 13.2 Å². The summed E-state index contributed by atoms with van der Waals surface area (Å²) in [5, 5.41) is 0. The molecule has 0 unspecified atom stereocenters. The van der Waals surface area contributed by atoms with Crippen LogP contribution in [-0.2, 0) is 19.1 Å². The summed E-state index contributed by atoms with van der Waals surface area (Å²) in [4.78, 5) is 22.8. The van der Waals surface area contributed by atoms with Crippen molar-refractivity contribution in [2.24, 2.45) is 0 Å². The summed E-state index contributed by atoms with van der Waals surface area (Å²) in [6.45, 7) is 5.13. The Balaban J connectivity index is 3.41. The summed E-state index contributed by atoms with van der Waals surface area (Å²) < 4.78 is 10.1. The van der Waals surface area contributed by atoms with E-state index in [0.29, 0.717) is 19.6 Å². The van der Waals surface area contributed by atoms with E-state index in [-0.39, 0.29) is 24.8 Å². The summed E-state index contributed by atoms with van der Waals surface area (Å²) in [6.07, 6.45) is 12.8.